The Balaban J connectivity index is 2.96. The number of Topliss-reactive ketones (excluding diaryl/α,β-unsaturated/α-hetero) is 1. The van der Waals surface area contributed by atoms with Crippen molar-refractivity contribution in [1.82, 2.24) is 0 Å². The van der Waals surface area contributed by atoms with Gasteiger partial charge in [-0.1, -0.05) is 0 Å². The molecule has 0 atom stereocenters. The zero-order valence-electron chi connectivity index (χ0n) is 11.1. The summed E-state index contributed by atoms with van der Waals surface area (Å²) in [5.74, 6) is -0.482. The minimum atomic E-state index is -4.30. The predicted molar refractivity (Wildman–Crippen MR) is 69.4 cm³/mol. The lowest BCUT2D eigenvalue weighted by atomic mass is 9.96. The van der Waals surface area contributed by atoms with E-state index in [2.05, 4.69) is 4.99 Å². The van der Waals surface area contributed by atoms with Gasteiger partial charge in [-0.3, -0.25) is 9.79 Å². The number of aliphatic imine (C=N–C) groups is 1. The molecule has 0 N–H and O–H groups in total. The van der Waals surface area contributed by atoms with Gasteiger partial charge in [0.1, 0.15) is 0 Å². The summed E-state index contributed by atoms with van der Waals surface area (Å²) in [6.07, 6.45) is -4.27. The van der Waals surface area contributed by atoms with Crippen molar-refractivity contribution in [3.63, 3.8) is 0 Å². The number of halogens is 3. The molecule has 19 heavy (non-hydrogen) atoms. The van der Waals surface area contributed by atoms with E-state index >= 15 is 0 Å². The minimum Gasteiger partial charge on any atom is -0.294 e. The third kappa shape index (κ3) is 4.19. The van der Waals surface area contributed by atoms with E-state index in [1.165, 1.54) is 0 Å². The lowest BCUT2D eigenvalue weighted by molar-refractivity contribution is -0.133. The summed E-state index contributed by atoms with van der Waals surface area (Å²) >= 11 is 0. The van der Waals surface area contributed by atoms with Crippen LogP contribution in [0.25, 0.3) is 0 Å². The summed E-state index contributed by atoms with van der Waals surface area (Å²) in [6.45, 7) is 5.31. The fourth-order valence-electron chi connectivity index (χ4n) is 1.78. The number of nitrogens with zero attached hydrogens (tertiary/aromatic N) is 1. The third-order valence-electron chi connectivity index (χ3n) is 2.96. The molecule has 0 aliphatic carbocycles. The average molecular weight is 271 g/mol. The normalized spacial score (nSPS) is 12.1. The molecular weight excluding hydrogens is 255 g/mol. The highest BCUT2D eigenvalue weighted by Crippen LogP contribution is 2.27. The first-order valence-corrected chi connectivity index (χ1v) is 5.95. The zero-order valence-corrected chi connectivity index (χ0v) is 11.1. The average Bonchev–Trinajstić information content (AvgIpc) is 2.32. The Morgan fingerprint density at radius 2 is 1.89 bits per heavy atom. The number of rotatable bonds is 4. The third-order valence-corrected chi connectivity index (χ3v) is 2.96. The van der Waals surface area contributed by atoms with E-state index in [0.717, 1.165) is 11.3 Å². The van der Waals surface area contributed by atoms with Crippen LogP contribution >= 0.6 is 0 Å². The maximum atomic E-state index is 12.1. The van der Waals surface area contributed by atoms with Gasteiger partial charge in [-0.2, -0.15) is 13.2 Å². The molecule has 0 amide bonds. The van der Waals surface area contributed by atoms with Crippen LogP contribution in [0.3, 0.4) is 0 Å². The van der Waals surface area contributed by atoms with Crippen LogP contribution in [0.1, 0.15) is 41.3 Å². The molecular formula is C14H16F3NO. The molecule has 0 radical (unpaired) electrons. The van der Waals surface area contributed by atoms with Crippen LogP contribution in [0.15, 0.2) is 17.1 Å². The second-order valence-electron chi connectivity index (χ2n) is 4.31. The van der Waals surface area contributed by atoms with Gasteiger partial charge in [-0.15, -0.1) is 0 Å². The molecule has 0 saturated carbocycles. The summed E-state index contributed by atoms with van der Waals surface area (Å²) in [7, 11) is 0. The lowest BCUT2D eigenvalue weighted by Crippen LogP contribution is -2.12. The van der Waals surface area contributed by atoms with Gasteiger partial charge in [0, 0.05) is 18.2 Å². The molecule has 1 aromatic rings. The van der Waals surface area contributed by atoms with Crippen molar-refractivity contribution in [2.75, 3.05) is 0 Å². The van der Waals surface area contributed by atoms with Gasteiger partial charge in [0.15, 0.2) is 5.78 Å². The van der Waals surface area contributed by atoms with E-state index in [1.54, 1.807) is 39.1 Å². The van der Waals surface area contributed by atoms with Gasteiger partial charge in [-0.25, -0.2) is 0 Å². The second kappa shape index (κ2) is 5.99. The highest BCUT2D eigenvalue weighted by molar-refractivity contribution is 5.98. The van der Waals surface area contributed by atoms with E-state index in [0.29, 0.717) is 11.1 Å². The van der Waals surface area contributed by atoms with Crippen LogP contribution in [0, 0.1) is 13.8 Å². The van der Waals surface area contributed by atoms with Crippen LogP contribution in [0.5, 0.6) is 0 Å². The lowest BCUT2D eigenvalue weighted by Gasteiger charge is -2.11. The van der Waals surface area contributed by atoms with Crippen molar-refractivity contribution in [3.8, 4) is 0 Å². The van der Waals surface area contributed by atoms with Crippen molar-refractivity contribution < 1.29 is 18.0 Å². The first-order chi connectivity index (χ1) is 8.76. The van der Waals surface area contributed by atoms with E-state index in [1.807, 2.05) is 0 Å². The number of alkyl halides is 3. The highest BCUT2D eigenvalue weighted by Gasteiger charge is 2.28. The number of hydrogen-bond donors (Lipinski definition) is 0. The smallest absolute Gasteiger partial charge is 0.294 e. The summed E-state index contributed by atoms with van der Waals surface area (Å²) in [6, 6.07) is 3.20. The number of ketones is 1. The monoisotopic (exact) mass is 271 g/mol. The number of benzene rings is 1. The quantitative estimate of drug-likeness (QED) is 0.583. The van der Waals surface area contributed by atoms with Crippen molar-refractivity contribution in [2.45, 2.75) is 39.8 Å². The Morgan fingerprint density at radius 3 is 2.42 bits per heavy atom. The molecule has 0 spiro atoms. The van der Waals surface area contributed by atoms with Crippen LogP contribution in [-0.2, 0) is 0 Å². The van der Waals surface area contributed by atoms with Crippen LogP contribution in [0.2, 0.25) is 0 Å². The van der Waals surface area contributed by atoms with Gasteiger partial charge >= 0.3 is 6.18 Å². The first-order valence-electron chi connectivity index (χ1n) is 5.95. The van der Waals surface area contributed by atoms with Gasteiger partial charge in [-0.05, 0) is 44.0 Å². The van der Waals surface area contributed by atoms with Crippen LogP contribution in [-0.4, -0.2) is 18.2 Å². The SMILES string of the molecule is C/C=N/c1ccc(C(=O)CCC(F)(F)F)c(C)c1C. The van der Waals surface area contributed by atoms with E-state index in [4.69, 9.17) is 0 Å². The highest BCUT2D eigenvalue weighted by atomic mass is 19.4. The standard InChI is InChI=1S/C14H16F3NO/c1-4-18-12-6-5-11(9(2)10(12)3)13(19)7-8-14(15,16)17/h4-6H,7-8H2,1-3H3/b18-4+. The topological polar surface area (TPSA) is 29.4 Å². The number of hydrogen-bond acceptors (Lipinski definition) is 2. The molecule has 104 valence electrons. The second-order valence-corrected chi connectivity index (χ2v) is 4.31. The summed E-state index contributed by atoms with van der Waals surface area (Å²) in [5.41, 5.74) is 2.58. The molecule has 1 aromatic carbocycles. The molecule has 0 aliphatic heterocycles. The van der Waals surface area contributed by atoms with Gasteiger partial charge < -0.3 is 0 Å². The minimum absolute atomic E-state index is 0.344. The van der Waals surface area contributed by atoms with Crippen LogP contribution < -0.4 is 0 Å². The zero-order chi connectivity index (χ0) is 14.6. The summed E-state index contributed by atoms with van der Waals surface area (Å²) in [5, 5.41) is 0. The fourth-order valence-corrected chi connectivity index (χ4v) is 1.78. The van der Waals surface area contributed by atoms with E-state index in [9.17, 15) is 18.0 Å². The Bertz CT molecular complexity index is 504. The molecule has 0 bridgehead atoms. The first kappa shape index (κ1) is 15.4. The van der Waals surface area contributed by atoms with Crippen molar-refractivity contribution in [3.05, 3.63) is 28.8 Å². The molecule has 0 unspecified atom stereocenters. The van der Waals surface area contributed by atoms with Crippen LogP contribution in [0.4, 0.5) is 18.9 Å². The Morgan fingerprint density at radius 1 is 1.26 bits per heavy atom. The van der Waals surface area contributed by atoms with Crippen molar-refractivity contribution in [1.29, 1.82) is 0 Å². The van der Waals surface area contributed by atoms with E-state index in [-0.39, 0.29) is 0 Å². The fraction of sp³-hybridized carbons (Fsp3) is 0.429. The molecule has 0 saturated heterocycles. The maximum absolute atomic E-state index is 12.1. The molecule has 2 nitrogen and oxygen atoms in total. The number of carbonyl (C=O) groups excluding carboxylic acids is 1. The number of carbonyl (C=O) groups is 1. The van der Waals surface area contributed by atoms with Crippen molar-refractivity contribution >= 4 is 17.7 Å². The molecule has 0 fully saturated rings. The van der Waals surface area contributed by atoms with Gasteiger partial charge in [0.05, 0.1) is 12.1 Å². The molecule has 0 heterocycles. The molecule has 0 aliphatic rings. The molecule has 5 heteroatoms. The van der Waals surface area contributed by atoms with Gasteiger partial charge in [0.25, 0.3) is 0 Å². The van der Waals surface area contributed by atoms with Crippen molar-refractivity contribution in [2.24, 2.45) is 4.99 Å². The Hall–Kier alpha value is -1.65. The molecule has 1 rings (SSSR count). The van der Waals surface area contributed by atoms with E-state index < -0.39 is 24.8 Å². The summed E-state index contributed by atoms with van der Waals surface area (Å²) < 4.78 is 36.3. The van der Waals surface area contributed by atoms with Gasteiger partial charge in [0.2, 0.25) is 0 Å². The largest absolute Gasteiger partial charge is 0.389 e. The summed E-state index contributed by atoms with van der Waals surface area (Å²) in [4.78, 5) is 15.9. The Kier molecular flexibility index (Phi) is 4.86. The Labute approximate surface area is 110 Å². The predicted octanol–water partition coefficient (Wildman–Crippen LogP) is 4.55. The maximum Gasteiger partial charge on any atom is 0.389 e. The molecule has 0 aromatic heterocycles.